The Labute approximate surface area is 117 Å². The fourth-order valence-electron chi connectivity index (χ4n) is 1.88. The van der Waals surface area contributed by atoms with Gasteiger partial charge in [-0.1, -0.05) is 0 Å². The lowest BCUT2D eigenvalue weighted by atomic mass is 10.1. The van der Waals surface area contributed by atoms with Gasteiger partial charge in [-0.05, 0) is 20.8 Å². The summed E-state index contributed by atoms with van der Waals surface area (Å²) in [6.45, 7) is 5.51. The smallest absolute Gasteiger partial charge is 0.345 e. The first-order valence-corrected chi connectivity index (χ1v) is 6.30. The SMILES string of the molecule is CCN(CC(=O)OC)C(=O)Cc1c(C)nc(=O)[nH]c1C. The molecule has 1 N–H and O–H groups in total. The molecule has 0 saturated carbocycles. The van der Waals surface area contributed by atoms with Crippen LogP contribution in [0.25, 0.3) is 0 Å². The van der Waals surface area contributed by atoms with Crippen LogP contribution in [0.4, 0.5) is 0 Å². The van der Waals surface area contributed by atoms with Gasteiger partial charge in [-0.2, -0.15) is 4.98 Å². The molecule has 1 amide bonds. The first-order chi connectivity index (χ1) is 9.38. The lowest BCUT2D eigenvalue weighted by molar-refractivity contribution is -0.146. The summed E-state index contributed by atoms with van der Waals surface area (Å²) in [6.07, 6.45) is 0.0896. The molecular weight excluding hydrogens is 262 g/mol. The molecule has 0 aliphatic heterocycles. The van der Waals surface area contributed by atoms with Gasteiger partial charge in [-0.3, -0.25) is 9.59 Å². The van der Waals surface area contributed by atoms with Crippen molar-refractivity contribution in [3.8, 4) is 0 Å². The van der Waals surface area contributed by atoms with Crippen LogP contribution >= 0.6 is 0 Å². The molecule has 0 fully saturated rings. The maximum Gasteiger partial charge on any atom is 0.345 e. The molecule has 0 aliphatic carbocycles. The number of amides is 1. The van der Waals surface area contributed by atoms with E-state index in [1.54, 1.807) is 20.8 Å². The van der Waals surface area contributed by atoms with E-state index in [0.29, 0.717) is 23.5 Å². The van der Waals surface area contributed by atoms with Crippen LogP contribution < -0.4 is 5.69 Å². The number of aromatic amines is 1. The van der Waals surface area contributed by atoms with Crippen molar-refractivity contribution in [2.24, 2.45) is 0 Å². The maximum atomic E-state index is 12.2. The highest BCUT2D eigenvalue weighted by molar-refractivity contribution is 5.83. The highest BCUT2D eigenvalue weighted by Gasteiger charge is 2.18. The number of methoxy groups -OCH3 is 1. The molecule has 1 aromatic heterocycles. The van der Waals surface area contributed by atoms with E-state index in [9.17, 15) is 14.4 Å². The van der Waals surface area contributed by atoms with Gasteiger partial charge in [0.05, 0.1) is 13.5 Å². The van der Waals surface area contributed by atoms with Crippen LogP contribution in [-0.4, -0.2) is 46.9 Å². The van der Waals surface area contributed by atoms with E-state index in [1.807, 2.05) is 0 Å². The summed E-state index contributed by atoms with van der Waals surface area (Å²) in [6, 6.07) is 0. The summed E-state index contributed by atoms with van der Waals surface area (Å²) in [5.74, 6) is -0.675. The Bertz CT molecular complexity index is 539. The van der Waals surface area contributed by atoms with Crippen molar-refractivity contribution in [2.45, 2.75) is 27.2 Å². The third-order valence-corrected chi connectivity index (χ3v) is 3.06. The van der Waals surface area contributed by atoms with Crippen molar-refractivity contribution in [1.29, 1.82) is 0 Å². The molecule has 110 valence electrons. The van der Waals surface area contributed by atoms with Gasteiger partial charge in [-0.25, -0.2) is 4.79 Å². The Morgan fingerprint density at radius 1 is 1.35 bits per heavy atom. The quantitative estimate of drug-likeness (QED) is 0.764. The number of H-pyrrole nitrogens is 1. The van der Waals surface area contributed by atoms with Gasteiger partial charge in [0.25, 0.3) is 0 Å². The van der Waals surface area contributed by atoms with Crippen molar-refractivity contribution in [3.63, 3.8) is 0 Å². The molecule has 0 bridgehead atoms. The summed E-state index contributed by atoms with van der Waals surface area (Å²) < 4.78 is 4.55. The van der Waals surface area contributed by atoms with Crippen molar-refractivity contribution in [2.75, 3.05) is 20.2 Å². The number of ether oxygens (including phenoxy) is 1. The number of aryl methyl sites for hydroxylation is 2. The fourth-order valence-corrected chi connectivity index (χ4v) is 1.88. The number of hydrogen-bond acceptors (Lipinski definition) is 5. The lowest BCUT2D eigenvalue weighted by Gasteiger charge is -2.20. The molecule has 7 nitrogen and oxygen atoms in total. The van der Waals surface area contributed by atoms with Crippen LogP contribution in [0.1, 0.15) is 23.9 Å². The van der Waals surface area contributed by atoms with E-state index in [0.717, 1.165) is 0 Å². The Morgan fingerprint density at radius 3 is 2.50 bits per heavy atom. The van der Waals surface area contributed by atoms with Crippen molar-refractivity contribution < 1.29 is 14.3 Å². The molecule has 20 heavy (non-hydrogen) atoms. The number of nitrogens with one attached hydrogen (secondary N) is 1. The van der Waals surface area contributed by atoms with Gasteiger partial charge in [-0.15, -0.1) is 0 Å². The van der Waals surface area contributed by atoms with Crippen molar-refractivity contribution >= 4 is 11.9 Å². The van der Waals surface area contributed by atoms with Crippen LogP contribution in [0, 0.1) is 13.8 Å². The number of carbonyl (C=O) groups is 2. The monoisotopic (exact) mass is 281 g/mol. The standard InChI is InChI=1S/C13H19N3O4/c1-5-16(7-12(18)20-4)11(17)6-10-8(2)14-13(19)15-9(10)3/h5-7H2,1-4H3,(H,14,15,19). The molecule has 7 heteroatoms. The van der Waals surface area contributed by atoms with Crippen LogP contribution in [-0.2, 0) is 20.7 Å². The second-order valence-electron chi connectivity index (χ2n) is 4.39. The van der Waals surface area contributed by atoms with E-state index in [-0.39, 0.29) is 18.9 Å². The second-order valence-corrected chi connectivity index (χ2v) is 4.39. The van der Waals surface area contributed by atoms with Gasteiger partial charge >= 0.3 is 11.7 Å². The number of likely N-dealkylation sites (N-methyl/N-ethyl adjacent to an activating group) is 1. The number of aromatic nitrogens is 2. The number of carbonyl (C=O) groups excluding carboxylic acids is 2. The lowest BCUT2D eigenvalue weighted by Crippen LogP contribution is -2.37. The fraction of sp³-hybridized carbons (Fsp3) is 0.538. The van der Waals surface area contributed by atoms with E-state index in [2.05, 4.69) is 14.7 Å². The number of hydrogen-bond donors (Lipinski definition) is 1. The normalized spacial score (nSPS) is 10.2. The Kier molecular flexibility index (Phi) is 5.42. The summed E-state index contributed by atoms with van der Waals surface area (Å²) in [4.78, 5) is 42.4. The summed E-state index contributed by atoms with van der Waals surface area (Å²) in [7, 11) is 1.28. The van der Waals surface area contributed by atoms with Gasteiger partial charge in [0.1, 0.15) is 6.54 Å². The minimum Gasteiger partial charge on any atom is -0.468 e. The molecule has 0 radical (unpaired) electrons. The van der Waals surface area contributed by atoms with Crippen molar-refractivity contribution in [3.05, 3.63) is 27.4 Å². The zero-order valence-electron chi connectivity index (χ0n) is 12.1. The molecule has 1 aromatic rings. The van der Waals surface area contributed by atoms with Gasteiger partial charge in [0.2, 0.25) is 5.91 Å². The van der Waals surface area contributed by atoms with Crippen LogP contribution in [0.2, 0.25) is 0 Å². The first kappa shape index (κ1) is 15.9. The topological polar surface area (TPSA) is 92.4 Å². The van der Waals surface area contributed by atoms with Crippen LogP contribution in [0.3, 0.4) is 0 Å². The van der Waals surface area contributed by atoms with E-state index in [1.165, 1.54) is 12.0 Å². The van der Waals surface area contributed by atoms with E-state index >= 15 is 0 Å². The van der Waals surface area contributed by atoms with Gasteiger partial charge < -0.3 is 14.6 Å². The average Bonchev–Trinajstić information content (AvgIpc) is 2.39. The first-order valence-electron chi connectivity index (χ1n) is 6.30. The zero-order valence-corrected chi connectivity index (χ0v) is 12.1. The molecule has 0 atom stereocenters. The molecule has 0 spiro atoms. The minimum absolute atomic E-state index is 0.0826. The van der Waals surface area contributed by atoms with Crippen LogP contribution in [0.5, 0.6) is 0 Å². The summed E-state index contributed by atoms with van der Waals surface area (Å²) in [5, 5.41) is 0. The third kappa shape index (κ3) is 3.91. The molecule has 0 aromatic carbocycles. The maximum absolute atomic E-state index is 12.2. The van der Waals surface area contributed by atoms with E-state index < -0.39 is 11.7 Å². The predicted molar refractivity (Wildman–Crippen MR) is 72.3 cm³/mol. The Balaban J connectivity index is 2.89. The zero-order chi connectivity index (χ0) is 15.3. The number of esters is 1. The van der Waals surface area contributed by atoms with Crippen molar-refractivity contribution in [1.82, 2.24) is 14.9 Å². The molecule has 0 aliphatic rings. The third-order valence-electron chi connectivity index (χ3n) is 3.06. The molecule has 1 rings (SSSR count). The molecule has 0 saturated heterocycles. The second kappa shape index (κ2) is 6.83. The van der Waals surface area contributed by atoms with Crippen LogP contribution in [0.15, 0.2) is 4.79 Å². The number of rotatable bonds is 5. The highest BCUT2D eigenvalue weighted by Crippen LogP contribution is 2.09. The average molecular weight is 281 g/mol. The molecule has 1 heterocycles. The van der Waals surface area contributed by atoms with E-state index in [4.69, 9.17) is 0 Å². The summed E-state index contributed by atoms with van der Waals surface area (Å²) in [5.41, 5.74) is 1.38. The predicted octanol–water partition coefficient (Wildman–Crippen LogP) is -0.0493. The largest absolute Gasteiger partial charge is 0.468 e. The molecular formula is C13H19N3O4. The Morgan fingerprint density at radius 2 is 2.00 bits per heavy atom. The van der Waals surface area contributed by atoms with Gasteiger partial charge in [0, 0.05) is 23.5 Å². The molecule has 0 unspecified atom stereocenters. The Hall–Kier alpha value is -2.18. The highest BCUT2D eigenvalue weighted by atomic mass is 16.5. The van der Waals surface area contributed by atoms with Gasteiger partial charge in [0.15, 0.2) is 0 Å². The minimum atomic E-state index is -0.465. The summed E-state index contributed by atoms with van der Waals surface area (Å²) >= 11 is 0. The number of nitrogens with zero attached hydrogens (tertiary/aromatic N) is 2.